The van der Waals surface area contributed by atoms with Gasteiger partial charge in [0.2, 0.25) is 0 Å². The third-order valence-electron chi connectivity index (χ3n) is 3.49. The van der Waals surface area contributed by atoms with E-state index in [2.05, 4.69) is 9.97 Å². The standard InChI is InChI=1S/C15H14F2N2OS/c1-8-12(18-13(10-2-3-10)19-14(8)20)9-4-6-11(7-5-9)21-15(16)17/h4-7,10,15H,2-3H2,1H3,(H,18,19,20). The van der Waals surface area contributed by atoms with Crippen LogP contribution in [-0.4, -0.2) is 15.7 Å². The topological polar surface area (TPSA) is 45.8 Å². The zero-order valence-corrected chi connectivity index (χ0v) is 12.2. The number of hydrogen-bond donors (Lipinski definition) is 1. The van der Waals surface area contributed by atoms with Crippen molar-refractivity contribution in [2.45, 2.75) is 36.3 Å². The highest BCUT2D eigenvalue weighted by molar-refractivity contribution is 7.99. The van der Waals surface area contributed by atoms with Crippen LogP contribution < -0.4 is 5.56 Å². The normalized spacial score (nSPS) is 14.7. The highest BCUT2D eigenvalue weighted by Crippen LogP contribution is 2.38. The fraction of sp³-hybridized carbons (Fsp3) is 0.333. The van der Waals surface area contributed by atoms with Crippen molar-refractivity contribution in [3.8, 4) is 11.3 Å². The Kier molecular flexibility index (Phi) is 3.80. The Labute approximate surface area is 124 Å². The summed E-state index contributed by atoms with van der Waals surface area (Å²) in [5.41, 5.74) is 1.83. The van der Waals surface area contributed by atoms with E-state index >= 15 is 0 Å². The van der Waals surface area contributed by atoms with Crippen molar-refractivity contribution in [2.24, 2.45) is 0 Å². The molecule has 0 spiro atoms. The minimum atomic E-state index is -2.43. The molecule has 1 fully saturated rings. The first kappa shape index (κ1) is 14.3. The number of alkyl halides is 2. The lowest BCUT2D eigenvalue weighted by Gasteiger charge is -2.08. The first-order chi connectivity index (χ1) is 10.0. The molecule has 0 saturated heterocycles. The average Bonchev–Trinajstić information content (AvgIpc) is 3.26. The summed E-state index contributed by atoms with van der Waals surface area (Å²) in [5.74, 6) is -1.35. The molecule has 1 saturated carbocycles. The van der Waals surface area contributed by atoms with Gasteiger partial charge in [0.05, 0.1) is 5.69 Å². The molecule has 3 rings (SSSR count). The first-order valence-electron chi connectivity index (χ1n) is 6.70. The summed E-state index contributed by atoms with van der Waals surface area (Å²) < 4.78 is 24.6. The van der Waals surface area contributed by atoms with E-state index in [1.165, 1.54) is 0 Å². The van der Waals surface area contributed by atoms with E-state index in [-0.39, 0.29) is 5.56 Å². The fourth-order valence-electron chi connectivity index (χ4n) is 2.18. The monoisotopic (exact) mass is 308 g/mol. The van der Waals surface area contributed by atoms with Gasteiger partial charge in [-0.2, -0.15) is 8.78 Å². The van der Waals surface area contributed by atoms with Crippen LogP contribution in [0.5, 0.6) is 0 Å². The summed E-state index contributed by atoms with van der Waals surface area (Å²) in [7, 11) is 0. The largest absolute Gasteiger partial charge is 0.310 e. The van der Waals surface area contributed by atoms with Gasteiger partial charge in [-0.15, -0.1) is 0 Å². The summed E-state index contributed by atoms with van der Waals surface area (Å²) in [6.45, 7) is 1.72. The molecule has 0 bridgehead atoms. The summed E-state index contributed by atoms with van der Waals surface area (Å²) in [5, 5.41) is 0. The quantitative estimate of drug-likeness (QED) is 0.870. The Morgan fingerprint density at radius 3 is 2.52 bits per heavy atom. The van der Waals surface area contributed by atoms with Gasteiger partial charge in [0, 0.05) is 21.9 Å². The maximum Gasteiger partial charge on any atom is 0.288 e. The number of rotatable bonds is 4. The van der Waals surface area contributed by atoms with Gasteiger partial charge in [-0.05, 0) is 31.9 Å². The minimum Gasteiger partial charge on any atom is -0.310 e. The molecule has 1 aromatic carbocycles. The number of nitrogens with zero attached hydrogens (tertiary/aromatic N) is 1. The second kappa shape index (κ2) is 5.60. The molecule has 1 aliphatic carbocycles. The van der Waals surface area contributed by atoms with E-state index in [1.807, 2.05) is 0 Å². The molecule has 0 unspecified atom stereocenters. The third-order valence-corrected chi connectivity index (χ3v) is 4.21. The summed E-state index contributed by atoms with van der Waals surface area (Å²) >= 11 is 0.506. The smallest absolute Gasteiger partial charge is 0.288 e. The van der Waals surface area contributed by atoms with E-state index in [1.54, 1.807) is 31.2 Å². The van der Waals surface area contributed by atoms with Gasteiger partial charge in [0.15, 0.2) is 0 Å². The van der Waals surface area contributed by atoms with Crippen LogP contribution in [-0.2, 0) is 0 Å². The van der Waals surface area contributed by atoms with Gasteiger partial charge < -0.3 is 4.98 Å². The fourth-order valence-corrected chi connectivity index (χ4v) is 2.67. The van der Waals surface area contributed by atoms with Crippen LogP contribution >= 0.6 is 11.8 Å². The SMILES string of the molecule is Cc1c(-c2ccc(SC(F)F)cc2)nc(C2CC2)[nH]c1=O. The Morgan fingerprint density at radius 1 is 1.29 bits per heavy atom. The molecule has 1 heterocycles. The van der Waals surface area contributed by atoms with Crippen LogP contribution in [0.25, 0.3) is 11.3 Å². The highest BCUT2D eigenvalue weighted by Gasteiger charge is 2.27. The summed E-state index contributed by atoms with van der Waals surface area (Å²) in [6, 6.07) is 6.73. The molecule has 110 valence electrons. The molecule has 2 aromatic rings. The Bertz CT molecular complexity index is 709. The summed E-state index contributed by atoms with van der Waals surface area (Å²) in [6.07, 6.45) is 2.10. The molecular formula is C15H14F2N2OS. The molecule has 0 atom stereocenters. The van der Waals surface area contributed by atoms with E-state index in [9.17, 15) is 13.6 Å². The number of nitrogens with one attached hydrogen (secondary N) is 1. The molecule has 3 nitrogen and oxygen atoms in total. The molecular weight excluding hydrogens is 294 g/mol. The van der Waals surface area contributed by atoms with Crippen molar-refractivity contribution in [1.82, 2.24) is 9.97 Å². The maximum atomic E-state index is 12.3. The zero-order valence-electron chi connectivity index (χ0n) is 11.4. The van der Waals surface area contributed by atoms with E-state index in [0.29, 0.717) is 33.8 Å². The number of H-pyrrole nitrogens is 1. The van der Waals surface area contributed by atoms with Crippen LogP contribution in [0.1, 0.15) is 30.1 Å². The number of benzene rings is 1. The van der Waals surface area contributed by atoms with E-state index < -0.39 is 5.76 Å². The van der Waals surface area contributed by atoms with Crippen molar-refractivity contribution >= 4 is 11.8 Å². The van der Waals surface area contributed by atoms with Crippen molar-refractivity contribution < 1.29 is 8.78 Å². The van der Waals surface area contributed by atoms with Gasteiger partial charge >= 0.3 is 0 Å². The van der Waals surface area contributed by atoms with Gasteiger partial charge in [-0.25, -0.2) is 4.98 Å². The molecule has 0 radical (unpaired) electrons. The predicted molar refractivity (Wildman–Crippen MR) is 78.9 cm³/mol. The second-order valence-corrected chi connectivity index (χ2v) is 6.17. The molecule has 0 aliphatic heterocycles. The van der Waals surface area contributed by atoms with E-state index in [4.69, 9.17) is 0 Å². The van der Waals surface area contributed by atoms with Gasteiger partial charge in [0.1, 0.15) is 5.82 Å². The number of aromatic nitrogens is 2. The summed E-state index contributed by atoms with van der Waals surface area (Å²) in [4.78, 5) is 19.8. The Balaban J connectivity index is 1.97. The lowest BCUT2D eigenvalue weighted by molar-refractivity contribution is 0.252. The van der Waals surface area contributed by atoms with E-state index in [0.717, 1.165) is 24.2 Å². The lowest BCUT2D eigenvalue weighted by atomic mass is 10.1. The van der Waals surface area contributed by atoms with Gasteiger partial charge in [-0.3, -0.25) is 4.79 Å². The van der Waals surface area contributed by atoms with Crippen LogP contribution in [0, 0.1) is 6.92 Å². The van der Waals surface area contributed by atoms with Gasteiger partial charge in [-0.1, -0.05) is 23.9 Å². The Hall–Kier alpha value is -1.69. The van der Waals surface area contributed by atoms with Crippen molar-refractivity contribution in [2.75, 3.05) is 0 Å². The second-order valence-electron chi connectivity index (χ2n) is 5.10. The number of aromatic amines is 1. The molecule has 21 heavy (non-hydrogen) atoms. The number of halogens is 2. The number of thioether (sulfide) groups is 1. The van der Waals surface area contributed by atoms with Crippen molar-refractivity contribution in [3.05, 3.63) is 46.0 Å². The molecule has 6 heteroatoms. The Morgan fingerprint density at radius 2 is 1.95 bits per heavy atom. The lowest BCUT2D eigenvalue weighted by Crippen LogP contribution is -2.15. The predicted octanol–water partition coefficient (Wildman–Crippen LogP) is 3.94. The van der Waals surface area contributed by atoms with Crippen molar-refractivity contribution in [1.29, 1.82) is 0 Å². The van der Waals surface area contributed by atoms with Gasteiger partial charge in [0.25, 0.3) is 11.3 Å². The average molecular weight is 308 g/mol. The molecule has 0 amide bonds. The van der Waals surface area contributed by atoms with Crippen LogP contribution in [0.4, 0.5) is 8.78 Å². The molecule has 1 aliphatic rings. The molecule has 1 N–H and O–H groups in total. The minimum absolute atomic E-state index is 0.132. The maximum absolute atomic E-state index is 12.3. The highest BCUT2D eigenvalue weighted by atomic mass is 32.2. The zero-order chi connectivity index (χ0) is 15.0. The van der Waals surface area contributed by atoms with Crippen LogP contribution in [0.2, 0.25) is 0 Å². The number of hydrogen-bond acceptors (Lipinski definition) is 3. The van der Waals surface area contributed by atoms with Crippen LogP contribution in [0.3, 0.4) is 0 Å². The van der Waals surface area contributed by atoms with Crippen molar-refractivity contribution in [3.63, 3.8) is 0 Å². The third kappa shape index (κ3) is 3.15. The van der Waals surface area contributed by atoms with Crippen LogP contribution in [0.15, 0.2) is 34.0 Å². The first-order valence-corrected chi connectivity index (χ1v) is 7.58. The molecule has 1 aromatic heterocycles.